The van der Waals surface area contributed by atoms with Gasteiger partial charge in [-0.1, -0.05) is 24.9 Å². The Morgan fingerprint density at radius 1 is 1.52 bits per heavy atom. The van der Waals surface area contributed by atoms with Crippen LogP contribution < -0.4 is 5.32 Å². The van der Waals surface area contributed by atoms with Crippen LogP contribution in [0.25, 0.3) is 0 Å². The standard InChI is InChI=1S/C15H23ClN2O3/c1-4-5-12-8-11(9-13(16)18-12)14(19)17-10-15(2,20)6-7-21-3/h8-9,20H,4-7,10H2,1-3H3,(H,17,19). The Hall–Kier alpha value is -1.17. The van der Waals surface area contributed by atoms with Gasteiger partial charge in [-0.3, -0.25) is 4.79 Å². The lowest BCUT2D eigenvalue weighted by Gasteiger charge is -2.23. The Morgan fingerprint density at radius 3 is 2.86 bits per heavy atom. The van der Waals surface area contributed by atoms with Gasteiger partial charge in [0.25, 0.3) is 5.91 Å². The maximum atomic E-state index is 12.1. The van der Waals surface area contributed by atoms with Crippen molar-refractivity contribution in [3.63, 3.8) is 0 Å². The number of carbonyl (C=O) groups excluding carboxylic acids is 1. The first kappa shape index (κ1) is 17.9. The highest BCUT2D eigenvalue weighted by atomic mass is 35.5. The first-order valence-corrected chi connectivity index (χ1v) is 7.41. The normalized spacial score (nSPS) is 13.8. The monoisotopic (exact) mass is 314 g/mol. The van der Waals surface area contributed by atoms with Crippen LogP contribution >= 0.6 is 11.6 Å². The van der Waals surface area contributed by atoms with Crippen molar-refractivity contribution in [3.8, 4) is 0 Å². The van der Waals surface area contributed by atoms with E-state index in [9.17, 15) is 9.90 Å². The van der Waals surface area contributed by atoms with E-state index in [2.05, 4.69) is 10.3 Å². The van der Waals surface area contributed by atoms with Crippen LogP contribution in [0.4, 0.5) is 0 Å². The van der Waals surface area contributed by atoms with Crippen LogP contribution in [-0.2, 0) is 11.2 Å². The molecule has 2 N–H and O–H groups in total. The van der Waals surface area contributed by atoms with E-state index in [4.69, 9.17) is 16.3 Å². The van der Waals surface area contributed by atoms with Crippen LogP contribution in [0, 0.1) is 0 Å². The van der Waals surface area contributed by atoms with E-state index < -0.39 is 5.60 Å². The molecule has 1 aromatic rings. The van der Waals surface area contributed by atoms with Crippen molar-refractivity contribution in [1.82, 2.24) is 10.3 Å². The van der Waals surface area contributed by atoms with Gasteiger partial charge in [-0.2, -0.15) is 0 Å². The molecule has 1 aromatic heterocycles. The Bertz CT molecular complexity index is 478. The van der Waals surface area contributed by atoms with Crippen molar-refractivity contribution < 1.29 is 14.6 Å². The number of halogens is 1. The molecule has 1 unspecified atom stereocenters. The summed E-state index contributed by atoms with van der Waals surface area (Å²) in [4.78, 5) is 16.3. The molecule has 118 valence electrons. The third kappa shape index (κ3) is 6.42. The Morgan fingerprint density at radius 2 is 2.24 bits per heavy atom. The summed E-state index contributed by atoms with van der Waals surface area (Å²) >= 11 is 5.93. The molecule has 0 spiro atoms. The van der Waals surface area contributed by atoms with Crippen LogP contribution in [0.3, 0.4) is 0 Å². The van der Waals surface area contributed by atoms with Gasteiger partial charge < -0.3 is 15.2 Å². The zero-order valence-electron chi connectivity index (χ0n) is 12.8. The van der Waals surface area contributed by atoms with Crippen molar-refractivity contribution in [1.29, 1.82) is 0 Å². The quantitative estimate of drug-likeness (QED) is 0.722. The summed E-state index contributed by atoms with van der Waals surface area (Å²) in [5.74, 6) is -0.269. The highest BCUT2D eigenvalue weighted by Crippen LogP contribution is 2.13. The lowest BCUT2D eigenvalue weighted by Crippen LogP contribution is -2.41. The minimum absolute atomic E-state index is 0.151. The summed E-state index contributed by atoms with van der Waals surface area (Å²) in [5.41, 5.74) is 0.247. The summed E-state index contributed by atoms with van der Waals surface area (Å²) < 4.78 is 4.93. The number of rotatable bonds is 8. The fraction of sp³-hybridized carbons (Fsp3) is 0.600. The van der Waals surface area contributed by atoms with E-state index in [0.29, 0.717) is 23.7 Å². The third-order valence-corrected chi connectivity index (χ3v) is 3.28. The zero-order chi connectivity index (χ0) is 15.9. The largest absolute Gasteiger partial charge is 0.388 e. The van der Waals surface area contributed by atoms with E-state index in [1.807, 2.05) is 6.92 Å². The van der Waals surface area contributed by atoms with Crippen molar-refractivity contribution >= 4 is 17.5 Å². The molecule has 0 aliphatic rings. The molecule has 0 radical (unpaired) electrons. The van der Waals surface area contributed by atoms with Gasteiger partial charge in [0.2, 0.25) is 0 Å². The number of pyridine rings is 1. The predicted molar refractivity (Wildman–Crippen MR) is 82.7 cm³/mol. The minimum atomic E-state index is -1.01. The van der Waals surface area contributed by atoms with Gasteiger partial charge in [0.05, 0.1) is 5.60 Å². The van der Waals surface area contributed by atoms with Crippen LogP contribution in [0.1, 0.15) is 42.7 Å². The highest BCUT2D eigenvalue weighted by Gasteiger charge is 2.21. The molecule has 1 amide bonds. The average molecular weight is 315 g/mol. The SMILES string of the molecule is CCCc1cc(C(=O)NCC(C)(O)CCOC)cc(Cl)n1. The number of hydrogen-bond acceptors (Lipinski definition) is 4. The first-order chi connectivity index (χ1) is 9.88. The van der Waals surface area contributed by atoms with Gasteiger partial charge in [0, 0.05) is 37.9 Å². The molecule has 0 bridgehead atoms. The number of nitrogens with one attached hydrogen (secondary N) is 1. The Balaban J connectivity index is 2.67. The fourth-order valence-corrected chi connectivity index (χ4v) is 2.08. The number of aliphatic hydroxyl groups is 1. The molecule has 6 heteroatoms. The average Bonchev–Trinajstić information content (AvgIpc) is 2.42. The summed E-state index contributed by atoms with van der Waals surface area (Å²) in [5, 5.41) is 13.1. The number of methoxy groups -OCH3 is 1. The second-order valence-corrected chi connectivity index (χ2v) is 5.73. The van der Waals surface area contributed by atoms with Crippen LogP contribution in [0.5, 0.6) is 0 Å². The molecule has 0 aliphatic heterocycles. The van der Waals surface area contributed by atoms with E-state index >= 15 is 0 Å². The number of aryl methyl sites for hydroxylation is 1. The van der Waals surface area contributed by atoms with E-state index in [1.165, 1.54) is 6.07 Å². The molecular formula is C15H23ClN2O3. The highest BCUT2D eigenvalue weighted by molar-refractivity contribution is 6.29. The molecule has 21 heavy (non-hydrogen) atoms. The van der Waals surface area contributed by atoms with Gasteiger partial charge in [-0.25, -0.2) is 4.98 Å². The van der Waals surface area contributed by atoms with Crippen molar-refractivity contribution in [2.75, 3.05) is 20.3 Å². The van der Waals surface area contributed by atoms with Crippen molar-refractivity contribution in [2.45, 2.75) is 38.7 Å². The molecule has 0 aromatic carbocycles. The Labute approximate surface area is 130 Å². The summed E-state index contributed by atoms with van der Waals surface area (Å²) in [6.45, 7) is 4.28. The van der Waals surface area contributed by atoms with E-state index in [1.54, 1.807) is 20.1 Å². The lowest BCUT2D eigenvalue weighted by atomic mass is 10.0. The second kappa shape index (κ2) is 8.32. The molecule has 1 atom stereocenters. The summed E-state index contributed by atoms with van der Waals surface area (Å²) in [6.07, 6.45) is 2.15. The van der Waals surface area contributed by atoms with Gasteiger partial charge in [0.15, 0.2) is 0 Å². The lowest BCUT2D eigenvalue weighted by molar-refractivity contribution is 0.0243. The number of carbonyl (C=O) groups is 1. The molecule has 0 saturated carbocycles. The maximum absolute atomic E-state index is 12.1. The number of ether oxygens (including phenoxy) is 1. The van der Waals surface area contributed by atoms with Gasteiger partial charge in [0.1, 0.15) is 5.15 Å². The van der Waals surface area contributed by atoms with Gasteiger partial charge in [-0.15, -0.1) is 0 Å². The van der Waals surface area contributed by atoms with Crippen LogP contribution in [0.15, 0.2) is 12.1 Å². The van der Waals surface area contributed by atoms with Crippen molar-refractivity contribution in [2.24, 2.45) is 0 Å². The smallest absolute Gasteiger partial charge is 0.251 e. The van der Waals surface area contributed by atoms with E-state index in [0.717, 1.165) is 18.5 Å². The molecule has 0 fully saturated rings. The molecule has 0 aliphatic carbocycles. The molecule has 1 heterocycles. The second-order valence-electron chi connectivity index (χ2n) is 5.34. The molecule has 0 saturated heterocycles. The Kier molecular flexibility index (Phi) is 7.08. The van der Waals surface area contributed by atoms with Gasteiger partial charge >= 0.3 is 0 Å². The van der Waals surface area contributed by atoms with Gasteiger partial charge in [-0.05, 0) is 25.5 Å². The maximum Gasteiger partial charge on any atom is 0.251 e. The zero-order valence-corrected chi connectivity index (χ0v) is 13.5. The topological polar surface area (TPSA) is 71.5 Å². The summed E-state index contributed by atoms with van der Waals surface area (Å²) in [7, 11) is 1.57. The van der Waals surface area contributed by atoms with Crippen LogP contribution in [-0.4, -0.2) is 41.9 Å². The predicted octanol–water partition coefficient (Wildman–Crippen LogP) is 2.20. The fourth-order valence-electron chi connectivity index (χ4n) is 1.85. The van der Waals surface area contributed by atoms with Crippen molar-refractivity contribution in [3.05, 3.63) is 28.5 Å². The molecule has 1 rings (SSSR count). The first-order valence-electron chi connectivity index (χ1n) is 7.04. The number of aromatic nitrogens is 1. The number of hydrogen-bond donors (Lipinski definition) is 2. The summed E-state index contributed by atoms with van der Waals surface area (Å²) in [6, 6.07) is 3.26. The number of amides is 1. The third-order valence-electron chi connectivity index (χ3n) is 3.09. The molecule has 5 nitrogen and oxygen atoms in total. The number of nitrogens with zero attached hydrogens (tertiary/aromatic N) is 1. The van der Waals surface area contributed by atoms with E-state index in [-0.39, 0.29) is 12.5 Å². The minimum Gasteiger partial charge on any atom is -0.388 e. The van der Waals surface area contributed by atoms with Crippen LogP contribution in [0.2, 0.25) is 5.15 Å². The molecular weight excluding hydrogens is 292 g/mol.